The Morgan fingerprint density at radius 3 is 2.50 bits per heavy atom. The molecule has 0 aromatic heterocycles. The number of aryl methyl sites for hydroxylation is 2. The Morgan fingerprint density at radius 1 is 1.30 bits per heavy atom. The number of nitrogens with one attached hydrogen (secondary N) is 1. The highest BCUT2D eigenvalue weighted by Gasteiger charge is 2.26. The van der Waals surface area contributed by atoms with Crippen molar-refractivity contribution in [3.05, 3.63) is 34.6 Å². The first-order valence-corrected chi connectivity index (χ1v) is 6.72. The topological polar surface area (TPSA) is 49.4 Å². The van der Waals surface area contributed by atoms with Crippen LogP contribution in [0.4, 0.5) is 4.39 Å². The van der Waals surface area contributed by atoms with Gasteiger partial charge in [0.1, 0.15) is 11.9 Å². The number of carbonyl (C=O) groups is 2. The average Bonchev–Trinajstić information content (AvgIpc) is 2.49. The molecule has 2 amide bonds. The number of carbonyl (C=O) groups excluding carboxylic acids is 2. The molecule has 108 valence electrons. The fraction of sp³-hybridized carbons (Fsp3) is 0.467. The zero-order valence-electron chi connectivity index (χ0n) is 12.0. The van der Waals surface area contributed by atoms with Crippen LogP contribution in [-0.4, -0.2) is 29.3 Å². The molecule has 1 aliphatic heterocycles. The van der Waals surface area contributed by atoms with E-state index in [1.165, 1.54) is 0 Å². The van der Waals surface area contributed by atoms with Crippen LogP contribution in [0, 0.1) is 19.7 Å². The van der Waals surface area contributed by atoms with Gasteiger partial charge in [-0.15, -0.1) is 0 Å². The van der Waals surface area contributed by atoms with Crippen molar-refractivity contribution < 1.29 is 14.0 Å². The molecule has 0 bridgehead atoms. The second-order valence-corrected chi connectivity index (χ2v) is 5.34. The third-order valence-electron chi connectivity index (χ3n) is 3.54. The van der Waals surface area contributed by atoms with E-state index in [9.17, 15) is 14.0 Å². The summed E-state index contributed by atoms with van der Waals surface area (Å²) in [4.78, 5) is 25.3. The van der Waals surface area contributed by atoms with Crippen molar-refractivity contribution in [1.29, 1.82) is 0 Å². The summed E-state index contributed by atoms with van der Waals surface area (Å²) in [7, 11) is 0. The van der Waals surface area contributed by atoms with Crippen molar-refractivity contribution in [2.75, 3.05) is 6.54 Å². The first kappa shape index (κ1) is 14.5. The molecule has 0 radical (unpaired) electrons. The van der Waals surface area contributed by atoms with E-state index in [0.29, 0.717) is 30.6 Å². The van der Waals surface area contributed by atoms with Gasteiger partial charge in [0.05, 0.1) is 0 Å². The van der Waals surface area contributed by atoms with Gasteiger partial charge in [-0.25, -0.2) is 4.39 Å². The Kier molecular flexibility index (Phi) is 4.06. The molecule has 5 heteroatoms. The Labute approximate surface area is 118 Å². The summed E-state index contributed by atoms with van der Waals surface area (Å²) < 4.78 is 13.6. The smallest absolute Gasteiger partial charge is 0.245 e. The lowest BCUT2D eigenvalue weighted by Crippen LogP contribution is -2.42. The minimum atomic E-state index is -0.507. The predicted molar refractivity (Wildman–Crippen MR) is 73.5 cm³/mol. The lowest BCUT2D eigenvalue weighted by molar-refractivity contribution is -0.133. The van der Waals surface area contributed by atoms with Crippen molar-refractivity contribution in [3.8, 4) is 0 Å². The van der Waals surface area contributed by atoms with Crippen molar-refractivity contribution >= 4 is 11.8 Å². The Balaban J connectivity index is 2.20. The molecule has 1 N–H and O–H groups in total. The highest BCUT2D eigenvalue weighted by molar-refractivity contribution is 5.89. The van der Waals surface area contributed by atoms with E-state index in [0.717, 1.165) is 5.56 Å². The third kappa shape index (κ3) is 2.98. The SMILES string of the molecule is Cc1cc(CN2CCC(=O)NC(C)C2=O)cc(C)c1F. The van der Waals surface area contributed by atoms with Crippen LogP contribution in [-0.2, 0) is 16.1 Å². The van der Waals surface area contributed by atoms with Gasteiger partial charge < -0.3 is 10.2 Å². The number of rotatable bonds is 2. The Morgan fingerprint density at radius 2 is 1.90 bits per heavy atom. The van der Waals surface area contributed by atoms with Gasteiger partial charge in [-0.3, -0.25) is 9.59 Å². The Hall–Kier alpha value is -1.91. The van der Waals surface area contributed by atoms with Crippen LogP contribution in [0.1, 0.15) is 30.0 Å². The van der Waals surface area contributed by atoms with E-state index >= 15 is 0 Å². The normalized spacial score (nSPS) is 19.8. The molecule has 2 rings (SSSR count). The minimum absolute atomic E-state index is 0.101. The molecule has 1 fully saturated rings. The monoisotopic (exact) mass is 278 g/mol. The highest BCUT2D eigenvalue weighted by Crippen LogP contribution is 2.17. The molecule has 20 heavy (non-hydrogen) atoms. The molecule has 4 nitrogen and oxygen atoms in total. The summed E-state index contributed by atoms with van der Waals surface area (Å²) in [6.07, 6.45) is 0.301. The van der Waals surface area contributed by atoms with Crippen LogP contribution in [0.25, 0.3) is 0 Å². The van der Waals surface area contributed by atoms with Gasteiger partial charge in [-0.05, 0) is 37.5 Å². The fourth-order valence-electron chi connectivity index (χ4n) is 2.50. The minimum Gasteiger partial charge on any atom is -0.345 e. The molecular weight excluding hydrogens is 259 g/mol. The Bertz CT molecular complexity index is 534. The molecule has 0 saturated carbocycles. The van der Waals surface area contributed by atoms with Crippen molar-refractivity contribution in [3.63, 3.8) is 0 Å². The van der Waals surface area contributed by atoms with Gasteiger partial charge in [0.15, 0.2) is 0 Å². The largest absolute Gasteiger partial charge is 0.345 e. The van der Waals surface area contributed by atoms with Gasteiger partial charge in [0, 0.05) is 19.5 Å². The van der Waals surface area contributed by atoms with Crippen LogP contribution < -0.4 is 5.32 Å². The molecule has 1 atom stereocenters. The highest BCUT2D eigenvalue weighted by atomic mass is 19.1. The molecule has 0 spiro atoms. The van der Waals surface area contributed by atoms with E-state index in [-0.39, 0.29) is 17.6 Å². The van der Waals surface area contributed by atoms with Gasteiger partial charge in [0.2, 0.25) is 11.8 Å². The van der Waals surface area contributed by atoms with E-state index < -0.39 is 6.04 Å². The summed E-state index contributed by atoms with van der Waals surface area (Å²) in [5, 5.41) is 2.65. The van der Waals surface area contributed by atoms with Gasteiger partial charge in [-0.1, -0.05) is 12.1 Å². The van der Waals surface area contributed by atoms with E-state index in [1.807, 2.05) is 0 Å². The number of amides is 2. The number of nitrogens with zero attached hydrogens (tertiary/aromatic N) is 1. The summed E-state index contributed by atoms with van der Waals surface area (Å²) in [6.45, 7) is 5.90. The van der Waals surface area contributed by atoms with Gasteiger partial charge in [0.25, 0.3) is 0 Å². The second kappa shape index (κ2) is 5.61. The number of hydrogen-bond acceptors (Lipinski definition) is 2. The van der Waals surface area contributed by atoms with Crippen LogP contribution in [0.15, 0.2) is 12.1 Å². The first-order valence-electron chi connectivity index (χ1n) is 6.72. The fourth-order valence-corrected chi connectivity index (χ4v) is 2.50. The molecule has 1 aliphatic rings. The van der Waals surface area contributed by atoms with Crippen LogP contribution >= 0.6 is 0 Å². The van der Waals surface area contributed by atoms with Crippen molar-refractivity contribution in [2.24, 2.45) is 0 Å². The summed E-state index contributed by atoms with van der Waals surface area (Å²) >= 11 is 0. The lowest BCUT2D eigenvalue weighted by atomic mass is 10.1. The molecule has 0 aliphatic carbocycles. The van der Waals surface area contributed by atoms with Gasteiger partial charge >= 0.3 is 0 Å². The molecule has 1 heterocycles. The summed E-state index contributed by atoms with van der Waals surface area (Å²) in [5.74, 6) is -0.420. The third-order valence-corrected chi connectivity index (χ3v) is 3.54. The molecule has 1 aromatic rings. The number of hydrogen-bond donors (Lipinski definition) is 1. The van der Waals surface area contributed by atoms with Gasteiger partial charge in [-0.2, -0.15) is 0 Å². The van der Waals surface area contributed by atoms with Crippen molar-refractivity contribution in [1.82, 2.24) is 10.2 Å². The van der Waals surface area contributed by atoms with Crippen LogP contribution in [0.5, 0.6) is 0 Å². The maximum Gasteiger partial charge on any atom is 0.245 e. The van der Waals surface area contributed by atoms with E-state index in [1.54, 1.807) is 37.8 Å². The predicted octanol–water partition coefficient (Wildman–Crippen LogP) is 1.68. The maximum atomic E-state index is 13.6. The van der Waals surface area contributed by atoms with E-state index in [2.05, 4.69) is 5.32 Å². The number of benzene rings is 1. The van der Waals surface area contributed by atoms with E-state index in [4.69, 9.17) is 0 Å². The standard InChI is InChI=1S/C15H19FN2O2/c1-9-6-12(7-10(2)14(9)16)8-18-5-4-13(19)17-11(3)15(18)20/h6-7,11H,4-5,8H2,1-3H3,(H,17,19). The quantitative estimate of drug-likeness (QED) is 0.895. The summed E-state index contributed by atoms with van der Waals surface area (Å²) in [6, 6.07) is 2.99. The maximum absolute atomic E-state index is 13.6. The second-order valence-electron chi connectivity index (χ2n) is 5.34. The molecule has 1 saturated heterocycles. The molecule has 1 aromatic carbocycles. The van der Waals surface area contributed by atoms with Crippen molar-refractivity contribution in [2.45, 2.75) is 39.8 Å². The summed E-state index contributed by atoms with van der Waals surface area (Å²) in [5.41, 5.74) is 2.03. The molecule has 1 unspecified atom stereocenters. The van der Waals surface area contributed by atoms with Crippen LogP contribution in [0.3, 0.4) is 0 Å². The zero-order valence-corrected chi connectivity index (χ0v) is 12.0. The first-order chi connectivity index (χ1) is 9.38. The average molecular weight is 278 g/mol. The number of halogens is 1. The van der Waals surface area contributed by atoms with Crippen LogP contribution in [0.2, 0.25) is 0 Å². The zero-order chi connectivity index (χ0) is 14.9. The lowest BCUT2D eigenvalue weighted by Gasteiger charge is -2.22. The molecular formula is C15H19FN2O2.